The third-order valence-corrected chi connectivity index (χ3v) is 3.24. The molecule has 2 N–H and O–H groups in total. The molecule has 0 bridgehead atoms. The minimum atomic E-state index is 0.294. The Bertz CT molecular complexity index is 513. The summed E-state index contributed by atoms with van der Waals surface area (Å²) in [6.45, 7) is 1.19. The number of hydrogen-bond donors (Lipinski definition) is 1. The van der Waals surface area contributed by atoms with Crippen LogP contribution in [-0.2, 0) is 6.42 Å². The van der Waals surface area contributed by atoms with Crippen LogP contribution >= 0.6 is 0 Å². The van der Waals surface area contributed by atoms with E-state index in [0.29, 0.717) is 19.1 Å². The largest absolute Gasteiger partial charge is 0.493 e. The lowest BCUT2D eigenvalue weighted by Gasteiger charge is -2.17. The Kier molecular flexibility index (Phi) is 5.44. The zero-order chi connectivity index (χ0) is 14.2. The van der Waals surface area contributed by atoms with E-state index in [9.17, 15) is 0 Å². The standard InChI is InChI=1S/C17H21NO2/c1-19-16-9-5-6-10-17(16)20-13-15(12-18)11-14-7-3-2-4-8-14/h2-10,15H,11-13,18H2,1H3. The first-order valence-electron chi connectivity index (χ1n) is 6.83. The second-order valence-corrected chi connectivity index (χ2v) is 4.75. The number of nitrogens with two attached hydrogens (primary N) is 1. The van der Waals surface area contributed by atoms with E-state index in [4.69, 9.17) is 15.2 Å². The molecule has 0 aliphatic carbocycles. The molecule has 0 radical (unpaired) electrons. The van der Waals surface area contributed by atoms with E-state index >= 15 is 0 Å². The van der Waals surface area contributed by atoms with Gasteiger partial charge in [0.1, 0.15) is 0 Å². The lowest BCUT2D eigenvalue weighted by Crippen LogP contribution is -2.23. The topological polar surface area (TPSA) is 44.5 Å². The van der Waals surface area contributed by atoms with E-state index < -0.39 is 0 Å². The maximum atomic E-state index is 5.85. The number of ether oxygens (including phenoxy) is 2. The average molecular weight is 271 g/mol. The molecular formula is C17H21NO2. The van der Waals surface area contributed by atoms with Crippen molar-refractivity contribution >= 4 is 0 Å². The molecule has 2 rings (SSSR count). The average Bonchev–Trinajstić information content (AvgIpc) is 2.52. The molecule has 2 aromatic carbocycles. The third kappa shape index (κ3) is 4.00. The van der Waals surface area contributed by atoms with E-state index in [1.807, 2.05) is 42.5 Å². The Labute approximate surface area is 120 Å². The summed E-state index contributed by atoms with van der Waals surface area (Å²) in [6, 6.07) is 18.0. The Morgan fingerprint density at radius 2 is 1.60 bits per heavy atom. The van der Waals surface area contributed by atoms with Gasteiger partial charge in [0.25, 0.3) is 0 Å². The lowest BCUT2D eigenvalue weighted by molar-refractivity contribution is 0.240. The highest BCUT2D eigenvalue weighted by atomic mass is 16.5. The van der Waals surface area contributed by atoms with Gasteiger partial charge in [-0.05, 0) is 30.7 Å². The highest BCUT2D eigenvalue weighted by Crippen LogP contribution is 2.26. The van der Waals surface area contributed by atoms with Crippen LogP contribution in [-0.4, -0.2) is 20.3 Å². The van der Waals surface area contributed by atoms with Gasteiger partial charge in [-0.1, -0.05) is 42.5 Å². The SMILES string of the molecule is COc1ccccc1OCC(CN)Cc1ccccc1. The maximum absolute atomic E-state index is 5.85. The van der Waals surface area contributed by atoms with Gasteiger partial charge in [0.15, 0.2) is 11.5 Å². The molecule has 0 aromatic heterocycles. The molecule has 3 nitrogen and oxygen atoms in total. The maximum Gasteiger partial charge on any atom is 0.161 e. The van der Waals surface area contributed by atoms with Crippen LogP contribution < -0.4 is 15.2 Å². The van der Waals surface area contributed by atoms with Gasteiger partial charge >= 0.3 is 0 Å². The first-order valence-corrected chi connectivity index (χ1v) is 6.83. The molecule has 0 saturated carbocycles. The second-order valence-electron chi connectivity index (χ2n) is 4.75. The summed E-state index contributed by atoms with van der Waals surface area (Å²) in [5.41, 5.74) is 7.13. The molecule has 0 aliphatic heterocycles. The van der Waals surface area contributed by atoms with Crippen molar-refractivity contribution in [3.8, 4) is 11.5 Å². The van der Waals surface area contributed by atoms with Gasteiger partial charge in [-0.3, -0.25) is 0 Å². The van der Waals surface area contributed by atoms with Crippen molar-refractivity contribution in [1.29, 1.82) is 0 Å². The highest BCUT2D eigenvalue weighted by Gasteiger charge is 2.10. The van der Waals surface area contributed by atoms with Crippen LogP contribution in [0.15, 0.2) is 54.6 Å². The molecule has 20 heavy (non-hydrogen) atoms. The van der Waals surface area contributed by atoms with Gasteiger partial charge in [-0.15, -0.1) is 0 Å². The number of benzene rings is 2. The van der Waals surface area contributed by atoms with Crippen LogP contribution in [0.3, 0.4) is 0 Å². The summed E-state index contributed by atoms with van der Waals surface area (Å²) in [5, 5.41) is 0. The van der Waals surface area contributed by atoms with Crippen molar-refractivity contribution in [1.82, 2.24) is 0 Å². The van der Waals surface area contributed by atoms with Gasteiger partial charge in [0.05, 0.1) is 13.7 Å². The Balaban J connectivity index is 1.94. The molecule has 2 aromatic rings. The number of rotatable bonds is 7. The van der Waals surface area contributed by atoms with Crippen LogP contribution in [0, 0.1) is 5.92 Å². The minimum Gasteiger partial charge on any atom is -0.493 e. The van der Waals surface area contributed by atoms with Crippen molar-refractivity contribution in [3.63, 3.8) is 0 Å². The minimum absolute atomic E-state index is 0.294. The molecule has 0 spiro atoms. The normalized spacial score (nSPS) is 11.9. The summed E-state index contributed by atoms with van der Waals surface area (Å²) in [5.74, 6) is 1.81. The van der Waals surface area contributed by atoms with Gasteiger partial charge in [-0.2, -0.15) is 0 Å². The zero-order valence-electron chi connectivity index (χ0n) is 11.8. The van der Waals surface area contributed by atoms with Gasteiger partial charge in [0.2, 0.25) is 0 Å². The van der Waals surface area contributed by atoms with Crippen LogP contribution in [0.2, 0.25) is 0 Å². The van der Waals surface area contributed by atoms with Crippen LogP contribution in [0.1, 0.15) is 5.56 Å². The molecule has 0 heterocycles. The van der Waals surface area contributed by atoms with Crippen LogP contribution in [0.5, 0.6) is 11.5 Å². The molecule has 0 aliphatic rings. The fourth-order valence-electron chi connectivity index (χ4n) is 2.10. The van der Waals surface area contributed by atoms with Crippen molar-refractivity contribution in [2.45, 2.75) is 6.42 Å². The van der Waals surface area contributed by atoms with Crippen molar-refractivity contribution in [3.05, 3.63) is 60.2 Å². The quantitative estimate of drug-likeness (QED) is 0.842. The third-order valence-electron chi connectivity index (χ3n) is 3.24. The monoisotopic (exact) mass is 271 g/mol. The number of hydrogen-bond acceptors (Lipinski definition) is 3. The predicted octanol–water partition coefficient (Wildman–Crippen LogP) is 2.89. The van der Waals surface area contributed by atoms with E-state index in [-0.39, 0.29) is 0 Å². The zero-order valence-corrected chi connectivity index (χ0v) is 11.8. The molecule has 3 heteroatoms. The van der Waals surface area contributed by atoms with Crippen LogP contribution in [0.25, 0.3) is 0 Å². The number of para-hydroxylation sites is 2. The van der Waals surface area contributed by atoms with Gasteiger partial charge < -0.3 is 15.2 Å². The summed E-state index contributed by atoms with van der Waals surface area (Å²) >= 11 is 0. The predicted molar refractivity (Wildman–Crippen MR) is 81.2 cm³/mol. The Morgan fingerprint density at radius 3 is 2.25 bits per heavy atom. The molecule has 1 unspecified atom stereocenters. The van der Waals surface area contributed by atoms with Crippen molar-refractivity contribution < 1.29 is 9.47 Å². The Morgan fingerprint density at radius 1 is 0.950 bits per heavy atom. The van der Waals surface area contributed by atoms with Gasteiger partial charge in [-0.25, -0.2) is 0 Å². The van der Waals surface area contributed by atoms with Crippen molar-refractivity contribution in [2.24, 2.45) is 11.7 Å². The van der Waals surface area contributed by atoms with E-state index in [2.05, 4.69) is 12.1 Å². The summed E-state index contributed by atoms with van der Waals surface area (Å²) in [7, 11) is 1.65. The Hall–Kier alpha value is -2.00. The summed E-state index contributed by atoms with van der Waals surface area (Å²) < 4.78 is 11.1. The van der Waals surface area contributed by atoms with E-state index in [0.717, 1.165) is 17.9 Å². The highest BCUT2D eigenvalue weighted by molar-refractivity contribution is 5.39. The lowest BCUT2D eigenvalue weighted by atomic mass is 10.0. The molecular weight excluding hydrogens is 250 g/mol. The summed E-state index contributed by atoms with van der Waals surface area (Å²) in [6.07, 6.45) is 0.923. The molecule has 1 atom stereocenters. The first-order chi connectivity index (χ1) is 9.83. The fraction of sp³-hybridized carbons (Fsp3) is 0.294. The summed E-state index contributed by atoms with van der Waals surface area (Å²) in [4.78, 5) is 0. The van der Waals surface area contributed by atoms with Crippen LogP contribution in [0.4, 0.5) is 0 Å². The van der Waals surface area contributed by atoms with E-state index in [1.54, 1.807) is 7.11 Å². The van der Waals surface area contributed by atoms with Gasteiger partial charge in [0, 0.05) is 5.92 Å². The molecule has 0 fully saturated rings. The van der Waals surface area contributed by atoms with E-state index in [1.165, 1.54) is 5.56 Å². The molecule has 0 amide bonds. The molecule has 0 saturated heterocycles. The fourth-order valence-corrected chi connectivity index (χ4v) is 2.10. The van der Waals surface area contributed by atoms with Crippen molar-refractivity contribution in [2.75, 3.05) is 20.3 Å². The second kappa shape index (κ2) is 7.56. The first kappa shape index (κ1) is 14.4. The smallest absolute Gasteiger partial charge is 0.161 e. The number of methoxy groups -OCH3 is 1. The molecule has 106 valence electrons.